The van der Waals surface area contributed by atoms with Gasteiger partial charge >= 0.3 is 0 Å². The summed E-state index contributed by atoms with van der Waals surface area (Å²) in [5.74, 6) is -0.315. The third-order valence-corrected chi connectivity index (χ3v) is 2.38. The molecule has 2 atom stereocenters. The Morgan fingerprint density at radius 3 is 2.67 bits per heavy atom. The van der Waals surface area contributed by atoms with E-state index in [0.717, 1.165) is 0 Å². The molecule has 0 saturated carbocycles. The van der Waals surface area contributed by atoms with Crippen LogP contribution < -0.4 is 0 Å². The highest BCUT2D eigenvalue weighted by molar-refractivity contribution is 5.29. The molecular formula is C9H14O3. The van der Waals surface area contributed by atoms with Crippen molar-refractivity contribution in [2.24, 2.45) is 5.92 Å². The molecule has 0 aromatic heterocycles. The SMILES string of the molecule is CC1(O)C(CO)=CC=CC1CO. The van der Waals surface area contributed by atoms with Gasteiger partial charge in [0.05, 0.1) is 18.8 Å². The average molecular weight is 170 g/mol. The van der Waals surface area contributed by atoms with Crippen LogP contribution in [0.3, 0.4) is 0 Å². The monoisotopic (exact) mass is 170 g/mol. The summed E-state index contributed by atoms with van der Waals surface area (Å²) in [4.78, 5) is 0. The lowest BCUT2D eigenvalue weighted by Crippen LogP contribution is -2.40. The maximum Gasteiger partial charge on any atom is 0.0938 e. The number of hydrogen-bond acceptors (Lipinski definition) is 3. The summed E-state index contributed by atoms with van der Waals surface area (Å²) in [5, 5.41) is 27.7. The molecule has 0 amide bonds. The average Bonchev–Trinajstić information content (AvgIpc) is 2.03. The summed E-state index contributed by atoms with van der Waals surface area (Å²) in [7, 11) is 0. The first-order chi connectivity index (χ1) is 5.62. The first-order valence-electron chi connectivity index (χ1n) is 3.95. The van der Waals surface area contributed by atoms with Crippen molar-refractivity contribution in [2.75, 3.05) is 13.2 Å². The van der Waals surface area contributed by atoms with Gasteiger partial charge in [0, 0.05) is 5.92 Å². The fraction of sp³-hybridized carbons (Fsp3) is 0.556. The number of aliphatic hydroxyl groups excluding tert-OH is 2. The van der Waals surface area contributed by atoms with Gasteiger partial charge in [-0.3, -0.25) is 0 Å². The van der Waals surface area contributed by atoms with Gasteiger partial charge in [-0.05, 0) is 12.5 Å². The summed E-state index contributed by atoms with van der Waals surface area (Å²) in [5.41, 5.74) is -0.567. The Bertz CT molecular complexity index is 216. The van der Waals surface area contributed by atoms with Crippen molar-refractivity contribution < 1.29 is 15.3 Å². The third-order valence-electron chi connectivity index (χ3n) is 2.38. The predicted octanol–water partition coefficient (Wildman–Crippen LogP) is -0.166. The highest BCUT2D eigenvalue weighted by Crippen LogP contribution is 2.29. The molecule has 3 heteroatoms. The van der Waals surface area contributed by atoms with E-state index in [2.05, 4.69) is 0 Å². The van der Waals surface area contributed by atoms with E-state index in [1.165, 1.54) is 0 Å². The summed E-state index contributed by atoms with van der Waals surface area (Å²) < 4.78 is 0. The maximum atomic E-state index is 9.85. The molecule has 1 rings (SSSR count). The molecule has 2 unspecified atom stereocenters. The molecule has 0 aliphatic heterocycles. The van der Waals surface area contributed by atoms with E-state index in [9.17, 15) is 5.11 Å². The Morgan fingerprint density at radius 2 is 2.17 bits per heavy atom. The number of aliphatic hydroxyl groups is 3. The van der Waals surface area contributed by atoms with Crippen LogP contribution in [0.5, 0.6) is 0 Å². The van der Waals surface area contributed by atoms with Gasteiger partial charge in [0.25, 0.3) is 0 Å². The first kappa shape index (κ1) is 9.45. The minimum Gasteiger partial charge on any atom is -0.396 e. The molecule has 12 heavy (non-hydrogen) atoms. The second-order valence-electron chi connectivity index (χ2n) is 3.17. The topological polar surface area (TPSA) is 60.7 Å². The standard InChI is InChI=1S/C9H14O3/c1-9(12)7(5-10)3-2-4-8(9)6-11/h2-4,7,10-12H,5-6H2,1H3. The van der Waals surface area contributed by atoms with Crippen molar-refractivity contribution in [3.05, 3.63) is 23.8 Å². The Hall–Kier alpha value is -0.640. The highest BCUT2D eigenvalue weighted by Gasteiger charge is 2.34. The molecule has 0 bridgehead atoms. The number of rotatable bonds is 2. The van der Waals surface area contributed by atoms with Gasteiger partial charge in [-0.1, -0.05) is 18.2 Å². The van der Waals surface area contributed by atoms with E-state index in [1.54, 1.807) is 25.2 Å². The van der Waals surface area contributed by atoms with Crippen LogP contribution in [0.1, 0.15) is 6.92 Å². The van der Waals surface area contributed by atoms with Crippen molar-refractivity contribution in [3.63, 3.8) is 0 Å². The van der Waals surface area contributed by atoms with Gasteiger partial charge in [-0.15, -0.1) is 0 Å². The van der Waals surface area contributed by atoms with Crippen LogP contribution in [0.4, 0.5) is 0 Å². The molecule has 0 aromatic rings. The third kappa shape index (κ3) is 1.43. The van der Waals surface area contributed by atoms with Crippen LogP contribution in [0.15, 0.2) is 23.8 Å². The molecule has 0 spiro atoms. The maximum absolute atomic E-state index is 9.85. The minimum absolute atomic E-state index is 0.110. The molecule has 1 aliphatic carbocycles. The van der Waals surface area contributed by atoms with Gasteiger partial charge in [0.15, 0.2) is 0 Å². The van der Waals surface area contributed by atoms with Crippen LogP contribution in [0, 0.1) is 5.92 Å². The molecule has 0 fully saturated rings. The molecule has 0 aromatic carbocycles. The van der Waals surface area contributed by atoms with Gasteiger partial charge in [-0.25, -0.2) is 0 Å². The Balaban J connectivity index is 2.90. The highest BCUT2D eigenvalue weighted by atomic mass is 16.3. The lowest BCUT2D eigenvalue weighted by molar-refractivity contribution is 0.0186. The van der Waals surface area contributed by atoms with Crippen LogP contribution in [-0.4, -0.2) is 34.1 Å². The Morgan fingerprint density at radius 1 is 1.50 bits per heavy atom. The molecule has 0 heterocycles. The molecular weight excluding hydrogens is 156 g/mol. The Kier molecular flexibility index (Phi) is 2.67. The number of hydrogen-bond donors (Lipinski definition) is 3. The van der Waals surface area contributed by atoms with E-state index in [4.69, 9.17) is 10.2 Å². The van der Waals surface area contributed by atoms with E-state index >= 15 is 0 Å². The lowest BCUT2D eigenvalue weighted by atomic mass is 9.80. The van der Waals surface area contributed by atoms with Crippen LogP contribution >= 0.6 is 0 Å². The minimum atomic E-state index is -1.11. The largest absolute Gasteiger partial charge is 0.396 e. The van der Waals surface area contributed by atoms with Gasteiger partial charge in [0.1, 0.15) is 0 Å². The molecule has 3 N–H and O–H groups in total. The summed E-state index contributed by atoms with van der Waals surface area (Å²) in [6.07, 6.45) is 5.15. The van der Waals surface area contributed by atoms with E-state index < -0.39 is 5.60 Å². The normalized spacial score (nSPS) is 35.0. The van der Waals surface area contributed by atoms with Crippen molar-refractivity contribution in [2.45, 2.75) is 12.5 Å². The molecule has 1 aliphatic rings. The van der Waals surface area contributed by atoms with Crippen LogP contribution in [0.25, 0.3) is 0 Å². The zero-order valence-electron chi connectivity index (χ0n) is 7.07. The molecule has 0 saturated heterocycles. The van der Waals surface area contributed by atoms with Gasteiger partial charge in [-0.2, -0.15) is 0 Å². The van der Waals surface area contributed by atoms with E-state index in [1.807, 2.05) is 0 Å². The quantitative estimate of drug-likeness (QED) is 0.539. The van der Waals surface area contributed by atoms with E-state index in [-0.39, 0.29) is 19.1 Å². The molecule has 3 nitrogen and oxygen atoms in total. The van der Waals surface area contributed by atoms with E-state index in [0.29, 0.717) is 5.57 Å². The molecule has 0 radical (unpaired) electrons. The zero-order chi connectivity index (χ0) is 9.19. The Labute approximate surface area is 71.7 Å². The number of allylic oxidation sites excluding steroid dienone is 2. The summed E-state index contributed by atoms with van der Waals surface area (Å²) in [6.45, 7) is 1.31. The molecule has 68 valence electrons. The van der Waals surface area contributed by atoms with Gasteiger partial charge < -0.3 is 15.3 Å². The second-order valence-corrected chi connectivity index (χ2v) is 3.17. The fourth-order valence-corrected chi connectivity index (χ4v) is 1.35. The fourth-order valence-electron chi connectivity index (χ4n) is 1.35. The first-order valence-corrected chi connectivity index (χ1v) is 3.95. The zero-order valence-corrected chi connectivity index (χ0v) is 7.07. The second kappa shape index (κ2) is 3.39. The van der Waals surface area contributed by atoms with Gasteiger partial charge in [0.2, 0.25) is 0 Å². The predicted molar refractivity (Wildman–Crippen MR) is 45.5 cm³/mol. The van der Waals surface area contributed by atoms with Crippen molar-refractivity contribution in [1.82, 2.24) is 0 Å². The van der Waals surface area contributed by atoms with Crippen LogP contribution in [0.2, 0.25) is 0 Å². The lowest BCUT2D eigenvalue weighted by Gasteiger charge is -2.33. The van der Waals surface area contributed by atoms with Crippen LogP contribution in [-0.2, 0) is 0 Å². The van der Waals surface area contributed by atoms with Crippen molar-refractivity contribution >= 4 is 0 Å². The smallest absolute Gasteiger partial charge is 0.0938 e. The van der Waals surface area contributed by atoms with Crippen molar-refractivity contribution in [3.8, 4) is 0 Å². The summed E-state index contributed by atoms with van der Waals surface area (Å²) in [6, 6.07) is 0. The summed E-state index contributed by atoms with van der Waals surface area (Å²) >= 11 is 0. The van der Waals surface area contributed by atoms with Crippen molar-refractivity contribution in [1.29, 1.82) is 0 Å².